The molecule has 2 aliphatic rings. The molecule has 2 aromatic rings. The SMILES string of the molecule is CCCCOC(=O)C1(C)CC(c2ccc(NC(=O)c3nc(C#N)cn3COCC[Si](C)(C)C)c(C3=CCC(C)(C)CC3)n2)CC(C)(C)O1. The molecular formula is C37H55N5O5Si. The number of nitrogens with zero attached hydrogens (tertiary/aromatic N) is 4. The molecule has 11 heteroatoms. The number of nitrogens with one attached hydrogen (secondary N) is 1. The van der Waals surface area contributed by atoms with Crippen molar-refractivity contribution in [3.63, 3.8) is 0 Å². The van der Waals surface area contributed by atoms with Crippen LogP contribution >= 0.6 is 0 Å². The highest BCUT2D eigenvalue weighted by atomic mass is 28.3. The van der Waals surface area contributed by atoms with Gasteiger partial charge in [-0.05, 0) is 88.5 Å². The van der Waals surface area contributed by atoms with E-state index in [1.807, 2.05) is 39.0 Å². The molecule has 0 saturated carbocycles. The van der Waals surface area contributed by atoms with Crippen molar-refractivity contribution in [2.24, 2.45) is 5.41 Å². The molecule has 1 amide bonds. The molecule has 2 unspecified atom stereocenters. The minimum atomic E-state index is -1.29. The van der Waals surface area contributed by atoms with Gasteiger partial charge in [0.15, 0.2) is 11.3 Å². The van der Waals surface area contributed by atoms with Crippen LogP contribution in [0.15, 0.2) is 24.4 Å². The molecule has 1 saturated heterocycles. The van der Waals surface area contributed by atoms with Gasteiger partial charge in [-0.3, -0.25) is 9.78 Å². The summed E-state index contributed by atoms with van der Waals surface area (Å²) in [7, 11) is -1.29. The monoisotopic (exact) mass is 677 g/mol. The number of amides is 1. The lowest BCUT2D eigenvalue weighted by Gasteiger charge is -2.45. The molecule has 1 N–H and O–H groups in total. The van der Waals surface area contributed by atoms with Gasteiger partial charge in [-0.1, -0.05) is 52.9 Å². The van der Waals surface area contributed by atoms with E-state index in [0.717, 1.165) is 55.1 Å². The first kappa shape index (κ1) is 37.5. The molecule has 0 spiro atoms. The molecule has 4 rings (SSSR count). The van der Waals surface area contributed by atoms with Crippen LogP contribution in [0.2, 0.25) is 25.7 Å². The summed E-state index contributed by atoms with van der Waals surface area (Å²) in [5.74, 6) is -0.733. The molecule has 0 aromatic carbocycles. The third-order valence-electron chi connectivity index (χ3n) is 9.22. The van der Waals surface area contributed by atoms with E-state index in [2.05, 4.69) is 56.8 Å². The topological polar surface area (TPSA) is 128 Å². The Hall–Kier alpha value is -3.33. The molecule has 1 aliphatic heterocycles. The van der Waals surface area contributed by atoms with Crippen molar-refractivity contribution >= 4 is 31.2 Å². The van der Waals surface area contributed by atoms with Gasteiger partial charge in [-0.15, -0.1) is 0 Å². The number of hydrogen-bond acceptors (Lipinski definition) is 8. The van der Waals surface area contributed by atoms with Crippen molar-refractivity contribution < 1.29 is 23.8 Å². The average molecular weight is 678 g/mol. The van der Waals surface area contributed by atoms with E-state index in [0.29, 0.717) is 31.7 Å². The number of carbonyl (C=O) groups excluding carboxylic acids is 2. The number of allylic oxidation sites excluding steroid dienone is 2. The van der Waals surface area contributed by atoms with E-state index in [9.17, 15) is 14.9 Å². The van der Waals surface area contributed by atoms with Gasteiger partial charge < -0.3 is 24.1 Å². The van der Waals surface area contributed by atoms with Crippen molar-refractivity contribution in [1.29, 1.82) is 5.26 Å². The van der Waals surface area contributed by atoms with E-state index >= 15 is 0 Å². The Morgan fingerprint density at radius 1 is 1.12 bits per heavy atom. The average Bonchev–Trinajstić information content (AvgIpc) is 3.42. The Balaban J connectivity index is 1.64. The molecule has 2 atom stereocenters. The van der Waals surface area contributed by atoms with Gasteiger partial charge >= 0.3 is 5.97 Å². The van der Waals surface area contributed by atoms with Crippen LogP contribution in [0.1, 0.15) is 120 Å². The molecule has 0 radical (unpaired) electrons. The molecule has 2 aromatic heterocycles. The van der Waals surface area contributed by atoms with Gasteiger partial charge in [0.25, 0.3) is 5.91 Å². The number of pyridine rings is 1. The number of hydrogen-bond donors (Lipinski definition) is 1. The number of rotatable bonds is 13. The summed E-state index contributed by atoms with van der Waals surface area (Å²) in [6, 6.07) is 6.88. The van der Waals surface area contributed by atoms with Gasteiger partial charge in [-0.2, -0.15) is 5.26 Å². The lowest BCUT2D eigenvalue weighted by Crippen LogP contribution is -2.52. The van der Waals surface area contributed by atoms with Crippen molar-refractivity contribution in [2.45, 2.75) is 136 Å². The van der Waals surface area contributed by atoms with Crippen LogP contribution in [0.4, 0.5) is 5.69 Å². The lowest BCUT2D eigenvalue weighted by molar-refractivity contribution is -0.205. The fourth-order valence-corrected chi connectivity index (χ4v) is 7.19. The summed E-state index contributed by atoms with van der Waals surface area (Å²) in [6.45, 7) is 20.3. The van der Waals surface area contributed by atoms with Crippen molar-refractivity contribution in [1.82, 2.24) is 14.5 Å². The van der Waals surface area contributed by atoms with Crippen LogP contribution in [-0.4, -0.2) is 58.9 Å². The summed E-state index contributed by atoms with van der Waals surface area (Å²) >= 11 is 0. The van der Waals surface area contributed by atoms with Crippen molar-refractivity contribution in [2.75, 3.05) is 18.5 Å². The number of unbranched alkanes of at least 4 members (excludes halogenated alkanes) is 1. The van der Waals surface area contributed by atoms with E-state index in [4.69, 9.17) is 19.2 Å². The highest BCUT2D eigenvalue weighted by Crippen LogP contribution is 2.45. The summed E-state index contributed by atoms with van der Waals surface area (Å²) in [6.07, 6.45) is 9.37. The van der Waals surface area contributed by atoms with Crippen molar-refractivity contribution in [3.8, 4) is 6.07 Å². The Morgan fingerprint density at radius 3 is 2.52 bits per heavy atom. The van der Waals surface area contributed by atoms with Crippen LogP contribution < -0.4 is 5.32 Å². The summed E-state index contributed by atoms with van der Waals surface area (Å²) in [5.41, 5.74) is 1.89. The first-order valence-electron chi connectivity index (χ1n) is 17.4. The number of anilines is 1. The number of aromatic nitrogens is 3. The van der Waals surface area contributed by atoms with Crippen LogP contribution in [0, 0.1) is 16.7 Å². The Kier molecular flexibility index (Phi) is 11.8. The summed E-state index contributed by atoms with van der Waals surface area (Å²) < 4.78 is 19.5. The van der Waals surface area contributed by atoms with Crippen molar-refractivity contribution in [3.05, 3.63) is 47.3 Å². The second-order valence-electron chi connectivity index (χ2n) is 16.3. The van der Waals surface area contributed by atoms with Crippen LogP contribution in [0.5, 0.6) is 0 Å². The molecule has 1 aliphatic carbocycles. The highest BCUT2D eigenvalue weighted by Gasteiger charge is 2.48. The zero-order valence-corrected chi connectivity index (χ0v) is 31.5. The first-order valence-corrected chi connectivity index (χ1v) is 21.1. The molecule has 1 fully saturated rings. The molecular weight excluding hydrogens is 623 g/mol. The van der Waals surface area contributed by atoms with E-state index in [1.54, 1.807) is 10.8 Å². The maximum absolute atomic E-state index is 13.8. The zero-order chi connectivity index (χ0) is 35.3. The zero-order valence-electron chi connectivity index (χ0n) is 30.5. The molecule has 262 valence electrons. The lowest BCUT2D eigenvalue weighted by atomic mass is 9.77. The fourth-order valence-electron chi connectivity index (χ4n) is 6.43. The van der Waals surface area contributed by atoms with Gasteiger partial charge in [-0.25, -0.2) is 9.78 Å². The van der Waals surface area contributed by atoms with E-state index < -0.39 is 25.2 Å². The predicted molar refractivity (Wildman–Crippen MR) is 190 cm³/mol. The normalized spacial score (nSPS) is 22.0. The number of ether oxygens (including phenoxy) is 3. The quantitative estimate of drug-likeness (QED) is 0.128. The van der Waals surface area contributed by atoms with E-state index in [-0.39, 0.29) is 35.6 Å². The summed E-state index contributed by atoms with van der Waals surface area (Å²) in [4.78, 5) is 36.6. The molecule has 10 nitrogen and oxygen atoms in total. The van der Waals surface area contributed by atoms with Crippen LogP contribution in [0.3, 0.4) is 0 Å². The molecule has 0 bridgehead atoms. The Labute approximate surface area is 287 Å². The van der Waals surface area contributed by atoms with Crippen LogP contribution in [0.25, 0.3) is 5.57 Å². The van der Waals surface area contributed by atoms with Crippen LogP contribution in [-0.2, 0) is 25.7 Å². The number of carbonyl (C=O) groups is 2. The largest absolute Gasteiger partial charge is 0.464 e. The maximum atomic E-state index is 13.8. The number of esters is 1. The maximum Gasteiger partial charge on any atom is 0.338 e. The standard InChI is InChI=1S/C37H55N5O5Si/c1-10-11-18-46-34(44)37(6)22-27(21-36(4,5)47-37)29-12-13-30(31(40-29)26-14-16-35(2,3)17-15-26)41-33(43)32-39-28(23-38)24-42(32)25-45-19-20-48(7,8)9/h12-14,24,27H,10-11,15-22,25H2,1-9H3,(H,41,43). The van der Waals surface area contributed by atoms with Gasteiger partial charge in [0.05, 0.1) is 23.6 Å². The van der Waals surface area contributed by atoms with E-state index in [1.165, 1.54) is 0 Å². The first-order chi connectivity index (χ1) is 22.4. The van der Waals surface area contributed by atoms with Gasteiger partial charge in [0.1, 0.15) is 12.8 Å². The minimum absolute atomic E-state index is 0.0630. The summed E-state index contributed by atoms with van der Waals surface area (Å²) in [5, 5.41) is 12.6. The molecule has 3 heterocycles. The highest BCUT2D eigenvalue weighted by molar-refractivity contribution is 6.76. The Morgan fingerprint density at radius 2 is 1.88 bits per heavy atom. The third kappa shape index (κ3) is 9.86. The molecule has 48 heavy (non-hydrogen) atoms. The predicted octanol–water partition coefficient (Wildman–Crippen LogP) is 8.08. The third-order valence-corrected chi connectivity index (χ3v) is 10.9. The minimum Gasteiger partial charge on any atom is -0.464 e. The van der Waals surface area contributed by atoms with Gasteiger partial charge in [0.2, 0.25) is 5.82 Å². The fraction of sp³-hybridized carbons (Fsp3) is 0.649. The number of imidazole rings is 1. The Bertz CT molecular complexity index is 1550. The second-order valence-corrected chi connectivity index (χ2v) is 21.9. The second kappa shape index (κ2) is 15.1. The smallest absolute Gasteiger partial charge is 0.338 e. The van der Waals surface area contributed by atoms with Gasteiger partial charge in [0, 0.05) is 32.5 Å². The number of nitriles is 1.